The molecule has 1 heterocycles. The average molecular weight is 325 g/mol. The average Bonchev–Trinajstić information content (AvgIpc) is 2.82. The van der Waals surface area contributed by atoms with E-state index in [9.17, 15) is 13.2 Å². The molecule has 0 N–H and O–H groups in total. The first-order valence-corrected chi connectivity index (χ1v) is 8.84. The zero-order chi connectivity index (χ0) is 16.7. The van der Waals surface area contributed by atoms with E-state index in [-0.39, 0.29) is 11.0 Å². The van der Waals surface area contributed by atoms with Gasteiger partial charge in [-0.05, 0) is 51.7 Å². The summed E-state index contributed by atoms with van der Waals surface area (Å²) in [7, 11) is -2.56. The molecule has 0 saturated carbocycles. The van der Waals surface area contributed by atoms with Crippen molar-refractivity contribution in [2.75, 3.05) is 7.05 Å². The second kappa shape index (κ2) is 6.01. The summed E-state index contributed by atoms with van der Waals surface area (Å²) in [6.45, 7) is 7.30. The maximum Gasteiger partial charge on any atom is 0.266 e. The molecule has 1 fully saturated rings. The van der Waals surface area contributed by atoms with E-state index in [0.717, 1.165) is 16.3 Å². The first-order valence-electron chi connectivity index (χ1n) is 7.40. The Morgan fingerprint density at radius 3 is 2.18 bits per heavy atom. The fraction of sp³-hybridized carbons (Fsp3) is 0.562. The van der Waals surface area contributed by atoms with Gasteiger partial charge in [-0.25, -0.2) is 12.7 Å². The smallest absolute Gasteiger partial charge is 0.266 e. The van der Waals surface area contributed by atoms with Crippen molar-refractivity contribution in [1.82, 2.24) is 4.31 Å². The third-order valence-corrected chi connectivity index (χ3v) is 6.10. The van der Waals surface area contributed by atoms with Crippen LogP contribution in [0.2, 0.25) is 0 Å². The Morgan fingerprint density at radius 2 is 1.73 bits per heavy atom. The minimum Gasteiger partial charge on any atom is -0.365 e. The van der Waals surface area contributed by atoms with Crippen LogP contribution in [-0.2, 0) is 19.6 Å². The van der Waals surface area contributed by atoms with E-state index in [1.165, 1.54) is 7.05 Å². The molecule has 1 aromatic carbocycles. The van der Waals surface area contributed by atoms with E-state index < -0.39 is 22.0 Å². The van der Waals surface area contributed by atoms with Gasteiger partial charge in [-0.1, -0.05) is 17.7 Å². The molecule has 1 aliphatic heterocycles. The van der Waals surface area contributed by atoms with Crippen molar-refractivity contribution in [2.24, 2.45) is 0 Å². The van der Waals surface area contributed by atoms with Crippen molar-refractivity contribution < 1.29 is 17.9 Å². The number of sulfonamides is 1. The topological polar surface area (TPSA) is 63.7 Å². The van der Waals surface area contributed by atoms with Crippen LogP contribution in [0.4, 0.5) is 0 Å². The number of rotatable bonds is 3. The highest BCUT2D eigenvalue weighted by molar-refractivity contribution is 7.89. The fourth-order valence-corrected chi connectivity index (χ4v) is 4.58. The van der Waals surface area contributed by atoms with Crippen molar-refractivity contribution in [3.63, 3.8) is 0 Å². The van der Waals surface area contributed by atoms with Gasteiger partial charge < -0.3 is 4.74 Å². The van der Waals surface area contributed by atoms with Gasteiger partial charge in [0.15, 0.2) is 0 Å². The SMILES string of the molecule is Cc1cc(C)c(S(=O)(=O)N(C)C(=O)[C@@H]2CC[C@@H](C)O2)c(C)c1. The van der Waals surface area contributed by atoms with E-state index in [1.54, 1.807) is 13.8 Å². The minimum atomic E-state index is -3.87. The molecule has 1 aromatic rings. The lowest BCUT2D eigenvalue weighted by atomic mass is 10.1. The third kappa shape index (κ3) is 3.03. The van der Waals surface area contributed by atoms with Crippen molar-refractivity contribution in [3.8, 4) is 0 Å². The van der Waals surface area contributed by atoms with E-state index in [2.05, 4.69) is 0 Å². The first kappa shape index (κ1) is 17.0. The standard InChI is InChI=1S/C16H23NO4S/c1-10-8-11(2)15(12(3)9-10)22(19,20)17(5)16(18)14-7-6-13(4)21-14/h8-9,13-14H,6-7H2,1-5H3/t13-,14+/m1/s1. The zero-order valence-electron chi connectivity index (χ0n) is 13.7. The lowest BCUT2D eigenvalue weighted by Gasteiger charge is -2.23. The first-order chi connectivity index (χ1) is 10.1. The van der Waals surface area contributed by atoms with E-state index in [0.29, 0.717) is 17.5 Å². The lowest BCUT2D eigenvalue weighted by molar-refractivity contribution is -0.136. The van der Waals surface area contributed by atoms with Gasteiger partial charge in [0.1, 0.15) is 6.10 Å². The Labute approximate surface area is 132 Å². The lowest BCUT2D eigenvalue weighted by Crippen LogP contribution is -2.40. The molecule has 2 rings (SSSR count). The molecule has 22 heavy (non-hydrogen) atoms. The molecule has 0 bridgehead atoms. The molecule has 1 aliphatic rings. The summed E-state index contributed by atoms with van der Waals surface area (Å²) < 4.78 is 32.0. The van der Waals surface area contributed by atoms with Crippen LogP contribution in [0.15, 0.2) is 17.0 Å². The highest BCUT2D eigenvalue weighted by atomic mass is 32.2. The second-order valence-corrected chi connectivity index (χ2v) is 7.96. The van der Waals surface area contributed by atoms with Crippen molar-refractivity contribution >= 4 is 15.9 Å². The van der Waals surface area contributed by atoms with Crippen LogP contribution >= 0.6 is 0 Å². The largest absolute Gasteiger partial charge is 0.365 e. The van der Waals surface area contributed by atoms with Crippen molar-refractivity contribution in [2.45, 2.75) is 57.6 Å². The van der Waals surface area contributed by atoms with E-state index in [1.807, 2.05) is 26.0 Å². The number of carbonyl (C=O) groups is 1. The number of nitrogens with zero attached hydrogens (tertiary/aromatic N) is 1. The molecule has 0 aromatic heterocycles. The number of likely N-dealkylation sites (N-methyl/N-ethyl adjacent to an activating group) is 1. The summed E-state index contributed by atoms with van der Waals surface area (Å²) in [5, 5.41) is 0. The summed E-state index contributed by atoms with van der Waals surface area (Å²) in [6, 6.07) is 3.62. The number of hydrogen-bond acceptors (Lipinski definition) is 4. The fourth-order valence-electron chi connectivity index (χ4n) is 3.02. The summed E-state index contributed by atoms with van der Waals surface area (Å²) in [6.07, 6.45) is 0.659. The molecule has 2 atom stereocenters. The van der Waals surface area contributed by atoms with Gasteiger partial charge in [-0.3, -0.25) is 4.79 Å². The second-order valence-electron chi connectivity index (χ2n) is 6.05. The molecular formula is C16H23NO4S. The molecule has 0 radical (unpaired) electrons. The van der Waals surface area contributed by atoms with E-state index in [4.69, 9.17) is 4.74 Å². The Kier molecular flexibility index (Phi) is 4.63. The van der Waals surface area contributed by atoms with Gasteiger partial charge in [-0.2, -0.15) is 0 Å². The summed E-state index contributed by atoms with van der Waals surface area (Å²) in [5.74, 6) is -0.497. The van der Waals surface area contributed by atoms with Gasteiger partial charge in [0.25, 0.3) is 15.9 Å². The Balaban J connectivity index is 2.36. The van der Waals surface area contributed by atoms with Gasteiger partial charge in [0, 0.05) is 7.05 Å². The molecule has 5 nitrogen and oxygen atoms in total. The Morgan fingerprint density at radius 1 is 1.18 bits per heavy atom. The highest BCUT2D eigenvalue weighted by Gasteiger charge is 2.36. The van der Waals surface area contributed by atoms with Gasteiger partial charge in [0.2, 0.25) is 0 Å². The number of hydrogen-bond donors (Lipinski definition) is 0. The van der Waals surface area contributed by atoms with Crippen LogP contribution in [0.25, 0.3) is 0 Å². The van der Waals surface area contributed by atoms with Crippen LogP contribution < -0.4 is 0 Å². The molecular weight excluding hydrogens is 302 g/mol. The van der Waals surface area contributed by atoms with Gasteiger partial charge in [0.05, 0.1) is 11.0 Å². The maximum atomic E-state index is 12.8. The summed E-state index contributed by atoms with van der Waals surface area (Å²) in [5.41, 5.74) is 2.30. The number of ether oxygens (including phenoxy) is 1. The summed E-state index contributed by atoms with van der Waals surface area (Å²) in [4.78, 5) is 12.6. The van der Waals surface area contributed by atoms with Crippen LogP contribution in [0.3, 0.4) is 0 Å². The van der Waals surface area contributed by atoms with Crippen molar-refractivity contribution in [1.29, 1.82) is 0 Å². The molecule has 0 aliphatic carbocycles. The zero-order valence-corrected chi connectivity index (χ0v) is 14.5. The van der Waals surface area contributed by atoms with Crippen LogP contribution in [0.5, 0.6) is 0 Å². The van der Waals surface area contributed by atoms with Crippen molar-refractivity contribution in [3.05, 3.63) is 28.8 Å². The predicted octanol–water partition coefficient (Wildman–Crippen LogP) is 2.33. The van der Waals surface area contributed by atoms with Gasteiger partial charge >= 0.3 is 0 Å². The van der Waals surface area contributed by atoms with Crippen LogP contribution in [0.1, 0.15) is 36.5 Å². The van der Waals surface area contributed by atoms with Crippen LogP contribution in [0, 0.1) is 20.8 Å². The normalized spacial score (nSPS) is 21.9. The highest BCUT2D eigenvalue weighted by Crippen LogP contribution is 2.27. The molecule has 1 saturated heterocycles. The monoisotopic (exact) mass is 325 g/mol. The molecule has 0 unspecified atom stereocenters. The predicted molar refractivity (Wildman–Crippen MR) is 84.2 cm³/mol. The quantitative estimate of drug-likeness (QED) is 0.855. The number of benzene rings is 1. The van der Waals surface area contributed by atoms with E-state index >= 15 is 0 Å². The molecule has 6 heteroatoms. The maximum absolute atomic E-state index is 12.8. The minimum absolute atomic E-state index is 0.00657. The molecule has 1 amide bonds. The Hall–Kier alpha value is -1.40. The molecule has 0 spiro atoms. The molecule has 122 valence electrons. The summed E-state index contributed by atoms with van der Waals surface area (Å²) >= 11 is 0. The number of carbonyl (C=O) groups excluding carboxylic acids is 1. The third-order valence-electron chi connectivity index (χ3n) is 4.04. The number of amides is 1. The van der Waals surface area contributed by atoms with Crippen LogP contribution in [-0.4, -0.2) is 37.9 Å². The van der Waals surface area contributed by atoms with Gasteiger partial charge in [-0.15, -0.1) is 0 Å². The Bertz CT molecular complexity index is 673. The number of aryl methyl sites for hydroxylation is 3.